The maximum absolute atomic E-state index is 13.2. The van der Waals surface area contributed by atoms with Crippen molar-refractivity contribution in [2.24, 2.45) is 17.8 Å². The van der Waals surface area contributed by atoms with Crippen molar-refractivity contribution >= 4 is 17.6 Å². The van der Waals surface area contributed by atoms with E-state index >= 15 is 0 Å². The first-order valence-electron chi connectivity index (χ1n) is 10.8. The van der Waals surface area contributed by atoms with E-state index in [1.165, 1.54) is 18.2 Å². The quantitative estimate of drug-likeness (QED) is 0.489. The Morgan fingerprint density at radius 1 is 1.39 bits per heavy atom. The van der Waals surface area contributed by atoms with Crippen LogP contribution >= 0.6 is 11.6 Å². The van der Waals surface area contributed by atoms with E-state index < -0.39 is 24.0 Å². The van der Waals surface area contributed by atoms with E-state index in [1.807, 2.05) is 6.08 Å². The van der Waals surface area contributed by atoms with Gasteiger partial charge in [-0.3, -0.25) is 4.79 Å². The maximum Gasteiger partial charge on any atom is 0.303 e. The summed E-state index contributed by atoms with van der Waals surface area (Å²) in [5.41, 5.74) is 0. The van der Waals surface area contributed by atoms with Crippen molar-refractivity contribution in [3.63, 3.8) is 0 Å². The fraction of sp³-hybridized carbons (Fsp3) is 0.609. The van der Waals surface area contributed by atoms with Crippen LogP contribution in [0, 0.1) is 23.6 Å². The first-order valence-corrected chi connectivity index (χ1v) is 11.2. The molecule has 1 aromatic carbocycles. The molecular weight excluding hydrogens is 427 g/mol. The fourth-order valence-corrected chi connectivity index (χ4v) is 4.72. The summed E-state index contributed by atoms with van der Waals surface area (Å²) in [4.78, 5) is 10.7. The number of carbonyl (C=O) groups is 1. The molecule has 0 bridgehead atoms. The van der Waals surface area contributed by atoms with E-state index in [9.17, 15) is 19.4 Å². The second kappa shape index (κ2) is 11.3. The Morgan fingerprint density at radius 2 is 2.19 bits per heavy atom. The molecule has 0 radical (unpaired) electrons. The van der Waals surface area contributed by atoms with Gasteiger partial charge in [-0.2, -0.15) is 0 Å². The minimum Gasteiger partial charge on any atom is -0.490 e. The van der Waals surface area contributed by atoms with Crippen molar-refractivity contribution in [1.82, 2.24) is 0 Å². The topological polar surface area (TPSA) is 96.2 Å². The summed E-state index contributed by atoms with van der Waals surface area (Å²) in [7, 11) is 0. The Labute approximate surface area is 186 Å². The number of halogens is 2. The zero-order chi connectivity index (χ0) is 22.4. The second-order valence-electron chi connectivity index (χ2n) is 8.48. The average Bonchev–Trinajstić information content (AvgIpc) is 2.89. The van der Waals surface area contributed by atoms with Gasteiger partial charge in [-0.1, -0.05) is 23.8 Å². The molecule has 1 aliphatic carbocycles. The molecular formula is C23H30ClFO6. The van der Waals surface area contributed by atoms with Crippen LogP contribution in [0.25, 0.3) is 0 Å². The van der Waals surface area contributed by atoms with E-state index in [0.717, 1.165) is 19.3 Å². The third-order valence-corrected chi connectivity index (χ3v) is 6.50. The molecule has 2 aliphatic rings. The predicted octanol–water partition coefficient (Wildman–Crippen LogP) is 3.82. The highest BCUT2D eigenvalue weighted by Crippen LogP contribution is 2.42. The van der Waals surface area contributed by atoms with Crippen molar-refractivity contribution in [3.8, 4) is 5.75 Å². The van der Waals surface area contributed by atoms with Crippen LogP contribution < -0.4 is 4.74 Å². The van der Waals surface area contributed by atoms with E-state index in [0.29, 0.717) is 31.1 Å². The molecule has 1 heterocycles. The third-order valence-electron chi connectivity index (χ3n) is 6.21. The summed E-state index contributed by atoms with van der Waals surface area (Å²) in [6, 6.07) is 4.00. The van der Waals surface area contributed by atoms with Gasteiger partial charge in [-0.05, 0) is 49.7 Å². The molecule has 172 valence electrons. The molecule has 8 heteroatoms. The predicted molar refractivity (Wildman–Crippen MR) is 114 cm³/mol. The van der Waals surface area contributed by atoms with Crippen molar-refractivity contribution in [1.29, 1.82) is 0 Å². The van der Waals surface area contributed by atoms with Gasteiger partial charge in [0.25, 0.3) is 0 Å². The third kappa shape index (κ3) is 6.91. The number of benzene rings is 1. The molecule has 1 aromatic rings. The van der Waals surface area contributed by atoms with Crippen molar-refractivity contribution < 1.29 is 34.0 Å². The van der Waals surface area contributed by atoms with Gasteiger partial charge in [-0.15, -0.1) is 0 Å². The second-order valence-corrected chi connectivity index (χ2v) is 8.89. The number of carboxylic acid groups (broad SMARTS) is 1. The number of hydrogen-bond donors (Lipinski definition) is 3. The zero-order valence-corrected chi connectivity index (χ0v) is 18.1. The van der Waals surface area contributed by atoms with Gasteiger partial charge in [0.05, 0.1) is 17.2 Å². The molecule has 0 aromatic heterocycles. The number of aliphatic hydroxyl groups is 2. The SMILES string of the molecule is O=C(O)CCC[C@H]1CC[C@@H]2[C@@H](C=C[C@@H](O)COc3ccc(F)c(Cl)c3)[C@H](O)C[C@@H]2OC1. The van der Waals surface area contributed by atoms with Gasteiger partial charge in [0.1, 0.15) is 24.3 Å². The molecule has 0 unspecified atom stereocenters. The van der Waals surface area contributed by atoms with Crippen molar-refractivity contribution in [3.05, 3.63) is 41.2 Å². The van der Waals surface area contributed by atoms with Gasteiger partial charge in [0, 0.05) is 31.4 Å². The van der Waals surface area contributed by atoms with Crippen LogP contribution in [0.2, 0.25) is 5.02 Å². The normalized spacial score (nSPS) is 29.5. The molecule has 1 saturated carbocycles. The highest BCUT2D eigenvalue weighted by molar-refractivity contribution is 6.30. The number of aliphatic hydroxyl groups excluding tert-OH is 2. The monoisotopic (exact) mass is 456 g/mol. The van der Waals surface area contributed by atoms with Gasteiger partial charge in [0.15, 0.2) is 0 Å². The molecule has 1 saturated heterocycles. The standard InChI is InChI=1S/C23H30ClFO6/c24-19-10-16(6-9-20(19)25)30-13-15(26)5-8-17-18-7-4-14(2-1-3-23(28)29)12-31-22(18)11-21(17)27/h5-6,8-10,14-15,17-18,21-22,26-27H,1-4,7,11-13H2,(H,28,29)/t14-,15+,17+,18+,21+,22-/m0/s1. The fourth-order valence-electron chi connectivity index (χ4n) is 4.55. The molecule has 1 aliphatic heterocycles. The summed E-state index contributed by atoms with van der Waals surface area (Å²) in [6.07, 6.45) is 6.08. The van der Waals surface area contributed by atoms with Crippen LogP contribution in [0.1, 0.15) is 38.5 Å². The van der Waals surface area contributed by atoms with Gasteiger partial charge in [0.2, 0.25) is 0 Å². The Bertz CT molecular complexity index is 772. The number of hydrogen-bond acceptors (Lipinski definition) is 5. The number of rotatable bonds is 9. The molecule has 6 atom stereocenters. The van der Waals surface area contributed by atoms with Crippen LogP contribution in [0.4, 0.5) is 4.39 Å². The molecule has 31 heavy (non-hydrogen) atoms. The van der Waals surface area contributed by atoms with Gasteiger partial charge in [-0.25, -0.2) is 4.39 Å². The zero-order valence-electron chi connectivity index (χ0n) is 17.3. The van der Waals surface area contributed by atoms with Crippen LogP contribution in [0.15, 0.2) is 30.4 Å². The lowest BCUT2D eigenvalue weighted by molar-refractivity contribution is -0.137. The largest absolute Gasteiger partial charge is 0.490 e. The van der Waals surface area contributed by atoms with Gasteiger partial charge >= 0.3 is 5.97 Å². The summed E-state index contributed by atoms with van der Waals surface area (Å²) < 4.78 is 24.7. The number of aliphatic carboxylic acids is 1. The van der Waals surface area contributed by atoms with E-state index in [1.54, 1.807) is 6.08 Å². The van der Waals surface area contributed by atoms with Crippen LogP contribution in [0.5, 0.6) is 5.75 Å². The average molecular weight is 457 g/mol. The van der Waals surface area contributed by atoms with Crippen LogP contribution in [-0.2, 0) is 9.53 Å². The smallest absolute Gasteiger partial charge is 0.303 e. The van der Waals surface area contributed by atoms with E-state index in [2.05, 4.69) is 0 Å². The highest BCUT2D eigenvalue weighted by atomic mass is 35.5. The maximum atomic E-state index is 13.2. The van der Waals surface area contributed by atoms with E-state index in [-0.39, 0.29) is 36.0 Å². The van der Waals surface area contributed by atoms with E-state index in [4.69, 9.17) is 26.2 Å². The first-order chi connectivity index (χ1) is 14.8. The minimum atomic E-state index is -0.884. The number of ether oxygens (including phenoxy) is 2. The molecule has 0 spiro atoms. The lowest BCUT2D eigenvalue weighted by Crippen LogP contribution is -2.22. The minimum absolute atomic E-state index is 0.0163. The lowest BCUT2D eigenvalue weighted by atomic mass is 9.86. The molecule has 0 amide bonds. The summed E-state index contributed by atoms with van der Waals surface area (Å²) in [5, 5.41) is 29.5. The molecule has 2 fully saturated rings. The summed E-state index contributed by atoms with van der Waals surface area (Å²) in [6.45, 7) is 0.582. The van der Waals surface area contributed by atoms with Crippen molar-refractivity contribution in [2.75, 3.05) is 13.2 Å². The Balaban J connectivity index is 1.50. The summed E-state index contributed by atoms with van der Waals surface area (Å²) in [5.74, 6) is -0.546. The number of fused-ring (bicyclic) bond motifs is 1. The summed E-state index contributed by atoms with van der Waals surface area (Å²) >= 11 is 5.73. The highest BCUT2D eigenvalue weighted by Gasteiger charge is 2.43. The van der Waals surface area contributed by atoms with Crippen molar-refractivity contribution in [2.45, 2.75) is 56.8 Å². The Kier molecular flexibility index (Phi) is 8.72. The molecule has 3 N–H and O–H groups in total. The lowest BCUT2D eigenvalue weighted by Gasteiger charge is -2.21. The van der Waals surface area contributed by atoms with Crippen LogP contribution in [-0.4, -0.2) is 52.8 Å². The number of carboxylic acids is 1. The Hall–Kier alpha value is -1.67. The first kappa shape index (κ1) is 24.0. The molecule has 6 nitrogen and oxygen atoms in total. The van der Waals surface area contributed by atoms with Crippen LogP contribution in [0.3, 0.4) is 0 Å². The van der Waals surface area contributed by atoms with Gasteiger partial charge < -0.3 is 24.8 Å². The molecule has 3 rings (SSSR count). The Morgan fingerprint density at radius 3 is 2.94 bits per heavy atom.